The fourth-order valence-corrected chi connectivity index (χ4v) is 3.42. The van der Waals surface area contributed by atoms with Gasteiger partial charge in [0.2, 0.25) is 0 Å². The van der Waals surface area contributed by atoms with Crippen molar-refractivity contribution in [3.63, 3.8) is 0 Å². The summed E-state index contributed by atoms with van der Waals surface area (Å²) in [5.74, 6) is 0. The van der Waals surface area contributed by atoms with Crippen LogP contribution < -0.4 is 9.62 Å². The molecule has 1 aromatic carbocycles. The monoisotopic (exact) mass is 305 g/mol. The molecule has 0 aliphatic carbocycles. The summed E-state index contributed by atoms with van der Waals surface area (Å²) >= 11 is 3.22. The van der Waals surface area contributed by atoms with Crippen molar-refractivity contribution < 1.29 is 9.78 Å². The fraction of sp³-hybridized carbons (Fsp3) is 0.154. The highest BCUT2D eigenvalue weighted by atomic mass is 32.2. The van der Waals surface area contributed by atoms with E-state index in [0.29, 0.717) is 0 Å². The summed E-state index contributed by atoms with van der Waals surface area (Å²) in [6.07, 6.45) is 5.66. The zero-order valence-corrected chi connectivity index (χ0v) is 12.2. The van der Waals surface area contributed by atoms with Gasteiger partial charge in [0.15, 0.2) is 0 Å². The van der Waals surface area contributed by atoms with Crippen LogP contribution in [0.5, 0.6) is 0 Å². The second-order valence-electron chi connectivity index (χ2n) is 4.34. The maximum absolute atomic E-state index is 5.19. The maximum Gasteiger partial charge on any atom is 0.404 e. The van der Waals surface area contributed by atoms with Gasteiger partial charge in [0.05, 0.1) is 22.5 Å². The van der Waals surface area contributed by atoms with Gasteiger partial charge in [0, 0.05) is 11.1 Å². The van der Waals surface area contributed by atoms with Gasteiger partial charge in [-0.25, -0.2) is 4.31 Å². The molecule has 1 fully saturated rings. The van der Waals surface area contributed by atoms with E-state index >= 15 is 0 Å². The summed E-state index contributed by atoms with van der Waals surface area (Å²) in [4.78, 5) is 16.9. The lowest BCUT2D eigenvalue weighted by Crippen LogP contribution is -2.42. The van der Waals surface area contributed by atoms with Crippen LogP contribution in [0.3, 0.4) is 0 Å². The number of aromatic nitrogens is 1. The van der Waals surface area contributed by atoms with Crippen LogP contribution in [0.25, 0.3) is 0 Å². The third-order valence-corrected chi connectivity index (χ3v) is 4.93. The predicted molar refractivity (Wildman–Crippen MR) is 79.3 cm³/mol. The lowest BCUT2D eigenvalue weighted by Gasteiger charge is -2.32. The van der Waals surface area contributed by atoms with Crippen LogP contribution in [0.15, 0.2) is 52.5 Å². The first-order chi connectivity index (χ1) is 9.81. The Kier molecular flexibility index (Phi) is 2.81. The number of rotatable bonds is 2. The van der Waals surface area contributed by atoms with Gasteiger partial charge in [-0.1, -0.05) is 12.1 Å². The highest BCUT2D eigenvalue weighted by Gasteiger charge is 2.59. The van der Waals surface area contributed by atoms with Crippen molar-refractivity contribution >= 4 is 35.1 Å². The molecule has 4 rings (SSSR count). The highest BCUT2D eigenvalue weighted by Crippen LogP contribution is 2.50. The Morgan fingerprint density at radius 1 is 1.30 bits per heavy atom. The molecule has 1 spiro atoms. The summed E-state index contributed by atoms with van der Waals surface area (Å²) in [6.45, 7) is 0. The fourth-order valence-electron chi connectivity index (χ4n) is 2.03. The van der Waals surface area contributed by atoms with Crippen LogP contribution in [0.4, 0.5) is 11.4 Å². The number of fused-ring (bicyclic) bond motifs is 1. The average molecular weight is 305 g/mol. The van der Waals surface area contributed by atoms with Crippen LogP contribution in [-0.4, -0.2) is 17.3 Å². The maximum atomic E-state index is 5.19. The molecule has 102 valence electrons. The standard InChI is InChI=1S/C13H11N3O2S2/c1-19-10-6-9(7-14-8-10)16-13(17-18-13)15-11-4-2-3-5-12(11)20-16/h2-8,15H,1H3. The molecule has 20 heavy (non-hydrogen) atoms. The number of para-hydroxylation sites is 1. The second-order valence-corrected chi connectivity index (χ2v) is 6.21. The quantitative estimate of drug-likeness (QED) is 0.395. The molecule has 7 heteroatoms. The van der Waals surface area contributed by atoms with Gasteiger partial charge < -0.3 is 5.32 Å². The Bertz CT molecular complexity index is 664. The summed E-state index contributed by atoms with van der Waals surface area (Å²) in [7, 11) is 0. The molecule has 2 aromatic rings. The van der Waals surface area contributed by atoms with Gasteiger partial charge in [-0.3, -0.25) is 4.98 Å². The van der Waals surface area contributed by atoms with E-state index in [2.05, 4.69) is 22.4 Å². The minimum atomic E-state index is -0.919. The van der Waals surface area contributed by atoms with Crippen molar-refractivity contribution in [1.82, 2.24) is 4.98 Å². The van der Waals surface area contributed by atoms with Crippen LogP contribution in [0, 0.1) is 0 Å². The van der Waals surface area contributed by atoms with Crippen LogP contribution >= 0.6 is 23.7 Å². The van der Waals surface area contributed by atoms with Gasteiger partial charge in [-0.05, 0) is 36.4 Å². The molecule has 1 aromatic heterocycles. The van der Waals surface area contributed by atoms with Gasteiger partial charge in [0.1, 0.15) is 0 Å². The number of nitrogens with zero attached hydrogens (tertiary/aromatic N) is 2. The van der Waals surface area contributed by atoms with E-state index in [0.717, 1.165) is 21.2 Å². The second kappa shape index (κ2) is 4.56. The third kappa shape index (κ3) is 1.94. The van der Waals surface area contributed by atoms with Crippen LogP contribution in [0.1, 0.15) is 0 Å². The average Bonchev–Trinajstić information content (AvgIpc) is 3.26. The zero-order chi connectivity index (χ0) is 13.6. The lowest BCUT2D eigenvalue weighted by molar-refractivity contribution is 0.0850. The molecular formula is C13H11N3O2S2. The Balaban J connectivity index is 1.74. The molecule has 0 atom stereocenters. The molecule has 0 radical (unpaired) electrons. The predicted octanol–water partition coefficient (Wildman–Crippen LogP) is 3.32. The van der Waals surface area contributed by atoms with Crippen molar-refractivity contribution in [3.8, 4) is 0 Å². The minimum absolute atomic E-state index is 0.919. The Hall–Kier alpha value is -1.41. The number of pyridine rings is 1. The van der Waals surface area contributed by atoms with E-state index in [-0.39, 0.29) is 0 Å². The van der Waals surface area contributed by atoms with E-state index < -0.39 is 6.03 Å². The molecule has 3 heterocycles. The summed E-state index contributed by atoms with van der Waals surface area (Å²) in [5.41, 5.74) is 1.93. The molecule has 0 bridgehead atoms. The van der Waals surface area contributed by atoms with E-state index in [1.54, 1.807) is 29.9 Å². The van der Waals surface area contributed by atoms with Crippen molar-refractivity contribution in [1.29, 1.82) is 0 Å². The van der Waals surface area contributed by atoms with Gasteiger partial charge >= 0.3 is 6.03 Å². The van der Waals surface area contributed by atoms with Crippen molar-refractivity contribution in [2.24, 2.45) is 0 Å². The molecule has 2 aliphatic rings. The van der Waals surface area contributed by atoms with E-state index in [1.807, 2.05) is 35.0 Å². The van der Waals surface area contributed by atoms with E-state index in [4.69, 9.17) is 9.78 Å². The van der Waals surface area contributed by atoms with Crippen LogP contribution in [0.2, 0.25) is 0 Å². The first-order valence-electron chi connectivity index (χ1n) is 6.02. The number of hydrogen-bond donors (Lipinski definition) is 1. The highest BCUT2D eigenvalue weighted by molar-refractivity contribution is 8.01. The summed E-state index contributed by atoms with van der Waals surface area (Å²) < 4.78 is 1.95. The van der Waals surface area contributed by atoms with Crippen molar-refractivity contribution in [2.75, 3.05) is 15.9 Å². The normalized spacial score (nSPS) is 18.6. The van der Waals surface area contributed by atoms with Gasteiger partial charge in [-0.15, -0.1) is 21.5 Å². The SMILES string of the molecule is CSc1cncc(N2Sc3ccccc3NC23OO3)c1. The molecule has 5 nitrogen and oxygen atoms in total. The van der Waals surface area contributed by atoms with Crippen LogP contribution in [-0.2, 0) is 9.78 Å². The number of anilines is 2. The lowest BCUT2D eigenvalue weighted by atomic mass is 10.3. The zero-order valence-electron chi connectivity index (χ0n) is 10.6. The van der Waals surface area contributed by atoms with Gasteiger partial charge in [-0.2, -0.15) is 0 Å². The topological polar surface area (TPSA) is 53.2 Å². The molecule has 2 aliphatic heterocycles. The minimum Gasteiger partial charge on any atom is -0.310 e. The molecule has 0 amide bonds. The summed E-state index contributed by atoms with van der Waals surface area (Å²) in [6, 6.07) is 9.19. The Morgan fingerprint density at radius 3 is 2.95 bits per heavy atom. The van der Waals surface area contributed by atoms with Crippen molar-refractivity contribution in [3.05, 3.63) is 42.7 Å². The molecule has 0 unspecified atom stereocenters. The number of benzene rings is 1. The first kappa shape index (κ1) is 12.3. The molecule has 0 saturated carbocycles. The third-order valence-electron chi connectivity index (χ3n) is 3.05. The smallest absolute Gasteiger partial charge is 0.310 e. The first-order valence-corrected chi connectivity index (χ1v) is 8.02. The van der Waals surface area contributed by atoms with Gasteiger partial charge in [0.25, 0.3) is 0 Å². The number of thioether (sulfide) groups is 1. The molecule has 1 saturated heterocycles. The van der Waals surface area contributed by atoms with E-state index in [9.17, 15) is 0 Å². The number of nitrogens with one attached hydrogen (secondary N) is 1. The summed E-state index contributed by atoms with van der Waals surface area (Å²) in [5, 5.41) is 3.26. The Labute approximate surface area is 124 Å². The largest absolute Gasteiger partial charge is 0.404 e. The number of hydrogen-bond acceptors (Lipinski definition) is 7. The molecule has 1 N–H and O–H groups in total. The Morgan fingerprint density at radius 2 is 2.15 bits per heavy atom. The van der Waals surface area contributed by atoms with E-state index in [1.165, 1.54) is 0 Å². The van der Waals surface area contributed by atoms with Crippen molar-refractivity contribution in [2.45, 2.75) is 15.8 Å². The molecular weight excluding hydrogens is 294 g/mol.